The maximum atomic E-state index is 9.17. The van der Waals surface area contributed by atoms with E-state index in [0.29, 0.717) is 5.75 Å². The fourth-order valence-electron chi connectivity index (χ4n) is 1.64. The second kappa shape index (κ2) is 5.17. The summed E-state index contributed by atoms with van der Waals surface area (Å²) in [6.45, 7) is 0. The van der Waals surface area contributed by atoms with Crippen LogP contribution in [0.3, 0.4) is 0 Å². The normalized spacial score (nSPS) is 10.3. The van der Waals surface area contributed by atoms with Gasteiger partial charge in [0.25, 0.3) is 0 Å². The SMILES string of the molecule is Oc1ccc(CCc2cccc(Br)c2)cc1. The van der Waals surface area contributed by atoms with E-state index in [1.807, 2.05) is 18.2 Å². The zero-order valence-corrected chi connectivity index (χ0v) is 10.4. The van der Waals surface area contributed by atoms with Crippen LogP contribution >= 0.6 is 15.9 Å². The van der Waals surface area contributed by atoms with Gasteiger partial charge in [-0.3, -0.25) is 0 Å². The van der Waals surface area contributed by atoms with Gasteiger partial charge in [-0.25, -0.2) is 0 Å². The first-order chi connectivity index (χ1) is 7.74. The highest BCUT2D eigenvalue weighted by molar-refractivity contribution is 9.10. The Labute approximate surface area is 104 Å². The van der Waals surface area contributed by atoms with E-state index in [9.17, 15) is 5.11 Å². The molecule has 0 spiro atoms. The highest BCUT2D eigenvalue weighted by atomic mass is 79.9. The predicted octanol–water partition coefficient (Wildman–Crippen LogP) is 3.94. The minimum absolute atomic E-state index is 0.325. The van der Waals surface area contributed by atoms with Gasteiger partial charge in [0.05, 0.1) is 0 Å². The van der Waals surface area contributed by atoms with E-state index in [4.69, 9.17) is 0 Å². The molecule has 2 heteroatoms. The van der Waals surface area contributed by atoms with Crippen LogP contribution in [0.25, 0.3) is 0 Å². The second-order valence-corrected chi connectivity index (χ2v) is 4.71. The lowest BCUT2D eigenvalue weighted by atomic mass is 10.0. The maximum Gasteiger partial charge on any atom is 0.115 e. The van der Waals surface area contributed by atoms with Gasteiger partial charge in [-0.05, 0) is 48.2 Å². The van der Waals surface area contributed by atoms with E-state index in [1.54, 1.807) is 12.1 Å². The molecular formula is C14H13BrO. The average molecular weight is 277 g/mol. The van der Waals surface area contributed by atoms with Crippen LogP contribution in [0.2, 0.25) is 0 Å². The van der Waals surface area contributed by atoms with Crippen LogP contribution < -0.4 is 0 Å². The predicted molar refractivity (Wildman–Crippen MR) is 69.7 cm³/mol. The Balaban J connectivity index is 1.99. The molecule has 82 valence electrons. The van der Waals surface area contributed by atoms with Crippen LogP contribution in [0.15, 0.2) is 53.0 Å². The molecule has 0 fully saturated rings. The lowest BCUT2D eigenvalue weighted by Crippen LogP contribution is -1.90. The van der Waals surface area contributed by atoms with Crippen molar-refractivity contribution >= 4 is 15.9 Å². The van der Waals surface area contributed by atoms with E-state index in [2.05, 4.69) is 34.1 Å². The van der Waals surface area contributed by atoms with Crippen molar-refractivity contribution in [3.63, 3.8) is 0 Å². The van der Waals surface area contributed by atoms with Crippen molar-refractivity contribution in [1.82, 2.24) is 0 Å². The number of benzene rings is 2. The van der Waals surface area contributed by atoms with E-state index < -0.39 is 0 Å². The molecule has 0 aliphatic rings. The molecule has 0 atom stereocenters. The second-order valence-electron chi connectivity index (χ2n) is 3.80. The highest BCUT2D eigenvalue weighted by Crippen LogP contribution is 2.15. The fraction of sp³-hybridized carbons (Fsp3) is 0.143. The van der Waals surface area contributed by atoms with Crippen molar-refractivity contribution in [1.29, 1.82) is 0 Å². The number of aryl methyl sites for hydroxylation is 2. The molecule has 0 amide bonds. The summed E-state index contributed by atoms with van der Waals surface area (Å²) in [6.07, 6.45) is 2.01. The molecule has 2 rings (SSSR count). The van der Waals surface area contributed by atoms with Crippen LogP contribution in [0, 0.1) is 0 Å². The lowest BCUT2D eigenvalue weighted by molar-refractivity contribution is 0.475. The molecule has 1 nitrogen and oxygen atoms in total. The molecule has 16 heavy (non-hydrogen) atoms. The van der Waals surface area contributed by atoms with Gasteiger partial charge in [0, 0.05) is 4.47 Å². The Hall–Kier alpha value is -1.28. The standard InChI is InChI=1S/C14H13BrO/c15-13-3-1-2-12(10-13)5-4-11-6-8-14(16)9-7-11/h1-3,6-10,16H,4-5H2. The fourth-order valence-corrected chi connectivity index (χ4v) is 2.09. The molecule has 0 radical (unpaired) electrons. The number of hydrogen-bond donors (Lipinski definition) is 1. The number of rotatable bonds is 3. The van der Waals surface area contributed by atoms with Gasteiger partial charge in [-0.15, -0.1) is 0 Å². The summed E-state index contributed by atoms with van der Waals surface area (Å²) in [7, 11) is 0. The first-order valence-corrected chi connectivity index (χ1v) is 6.06. The molecule has 2 aromatic rings. The average Bonchev–Trinajstić information content (AvgIpc) is 2.28. The first-order valence-electron chi connectivity index (χ1n) is 5.26. The van der Waals surface area contributed by atoms with Crippen molar-refractivity contribution in [3.05, 3.63) is 64.1 Å². The third kappa shape index (κ3) is 3.11. The maximum absolute atomic E-state index is 9.17. The van der Waals surface area contributed by atoms with E-state index >= 15 is 0 Å². The Morgan fingerprint density at radius 3 is 2.25 bits per heavy atom. The van der Waals surface area contributed by atoms with E-state index in [0.717, 1.165) is 17.3 Å². The topological polar surface area (TPSA) is 20.2 Å². The summed E-state index contributed by atoms with van der Waals surface area (Å²) in [5.41, 5.74) is 2.57. The lowest BCUT2D eigenvalue weighted by Gasteiger charge is -2.03. The molecule has 0 aliphatic heterocycles. The Morgan fingerprint density at radius 2 is 1.56 bits per heavy atom. The largest absolute Gasteiger partial charge is 0.508 e. The van der Waals surface area contributed by atoms with Crippen LogP contribution in [0.4, 0.5) is 0 Å². The van der Waals surface area contributed by atoms with Crippen LogP contribution in [-0.4, -0.2) is 5.11 Å². The number of phenolic OH excluding ortho intramolecular Hbond substituents is 1. The molecule has 0 bridgehead atoms. The molecule has 1 N–H and O–H groups in total. The van der Waals surface area contributed by atoms with Gasteiger partial charge in [-0.2, -0.15) is 0 Å². The van der Waals surface area contributed by atoms with Gasteiger partial charge in [-0.1, -0.05) is 40.2 Å². The molecule has 0 aromatic heterocycles. The third-order valence-electron chi connectivity index (χ3n) is 2.53. The molecule has 0 saturated carbocycles. The molecule has 0 aliphatic carbocycles. The smallest absolute Gasteiger partial charge is 0.115 e. The minimum atomic E-state index is 0.325. The Kier molecular flexibility index (Phi) is 3.62. The van der Waals surface area contributed by atoms with Crippen molar-refractivity contribution in [2.75, 3.05) is 0 Å². The van der Waals surface area contributed by atoms with Crippen LogP contribution in [0.5, 0.6) is 5.75 Å². The molecule has 0 heterocycles. The monoisotopic (exact) mass is 276 g/mol. The van der Waals surface area contributed by atoms with Crippen molar-refractivity contribution in [2.45, 2.75) is 12.8 Å². The first kappa shape index (κ1) is 11.2. The van der Waals surface area contributed by atoms with Gasteiger partial charge in [0.1, 0.15) is 5.75 Å². The quantitative estimate of drug-likeness (QED) is 0.901. The third-order valence-corrected chi connectivity index (χ3v) is 3.02. The van der Waals surface area contributed by atoms with Crippen molar-refractivity contribution < 1.29 is 5.11 Å². The van der Waals surface area contributed by atoms with Crippen LogP contribution in [-0.2, 0) is 12.8 Å². The highest BCUT2D eigenvalue weighted by Gasteiger charge is 1.97. The minimum Gasteiger partial charge on any atom is -0.508 e. The summed E-state index contributed by atoms with van der Waals surface area (Å²) in [6, 6.07) is 15.7. The van der Waals surface area contributed by atoms with Crippen molar-refractivity contribution in [3.8, 4) is 5.75 Å². The number of phenols is 1. The molecule has 2 aromatic carbocycles. The van der Waals surface area contributed by atoms with Crippen molar-refractivity contribution in [2.24, 2.45) is 0 Å². The van der Waals surface area contributed by atoms with Gasteiger partial charge >= 0.3 is 0 Å². The van der Waals surface area contributed by atoms with E-state index in [-0.39, 0.29) is 0 Å². The number of aromatic hydroxyl groups is 1. The molecular weight excluding hydrogens is 264 g/mol. The molecule has 0 unspecified atom stereocenters. The van der Waals surface area contributed by atoms with Gasteiger partial charge < -0.3 is 5.11 Å². The summed E-state index contributed by atoms with van der Waals surface area (Å²) in [4.78, 5) is 0. The van der Waals surface area contributed by atoms with Gasteiger partial charge in [0.2, 0.25) is 0 Å². The number of hydrogen-bond acceptors (Lipinski definition) is 1. The summed E-state index contributed by atoms with van der Waals surface area (Å²) in [5.74, 6) is 0.325. The zero-order valence-electron chi connectivity index (χ0n) is 8.86. The summed E-state index contributed by atoms with van der Waals surface area (Å²) >= 11 is 3.46. The van der Waals surface area contributed by atoms with Gasteiger partial charge in [0.15, 0.2) is 0 Å². The van der Waals surface area contributed by atoms with E-state index in [1.165, 1.54) is 11.1 Å². The Morgan fingerprint density at radius 1 is 0.875 bits per heavy atom. The molecule has 0 saturated heterocycles. The summed E-state index contributed by atoms with van der Waals surface area (Å²) in [5, 5.41) is 9.17. The zero-order chi connectivity index (χ0) is 11.4. The Bertz CT molecular complexity index is 462. The number of halogens is 1. The van der Waals surface area contributed by atoms with Crippen LogP contribution in [0.1, 0.15) is 11.1 Å². The summed E-state index contributed by atoms with van der Waals surface area (Å²) < 4.78 is 1.12.